The number of hydrogen-bond acceptors (Lipinski definition) is 2. The van der Waals surface area contributed by atoms with Gasteiger partial charge in [-0.05, 0) is 30.7 Å². The summed E-state index contributed by atoms with van der Waals surface area (Å²) in [6.07, 6.45) is 0.916. The van der Waals surface area contributed by atoms with Crippen molar-refractivity contribution in [2.75, 3.05) is 6.54 Å². The van der Waals surface area contributed by atoms with Gasteiger partial charge in [0.05, 0.1) is 0 Å². The summed E-state index contributed by atoms with van der Waals surface area (Å²) in [5, 5.41) is 3.33. The maximum absolute atomic E-state index is 10.9. The van der Waals surface area contributed by atoms with E-state index >= 15 is 0 Å². The Morgan fingerprint density at radius 1 is 1.47 bits per heavy atom. The zero-order valence-electron chi connectivity index (χ0n) is 9.29. The molecule has 0 fully saturated rings. The monoisotopic (exact) mass is 206 g/mol. The Hall–Kier alpha value is -1.35. The van der Waals surface area contributed by atoms with Gasteiger partial charge in [-0.3, -0.25) is 4.79 Å². The normalized spacial score (nSPS) is 10.6. The number of carbonyl (C=O) groups is 1. The second-order valence-electron chi connectivity index (χ2n) is 3.92. The largest absolute Gasteiger partial charge is 0.366 e. The van der Waals surface area contributed by atoms with Gasteiger partial charge < -0.3 is 11.1 Å². The van der Waals surface area contributed by atoms with Gasteiger partial charge in [0, 0.05) is 11.6 Å². The highest BCUT2D eigenvalue weighted by Gasteiger charge is 2.01. The quantitative estimate of drug-likeness (QED) is 0.763. The molecule has 0 saturated heterocycles. The highest BCUT2D eigenvalue weighted by atomic mass is 16.1. The molecular weight excluding hydrogens is 188 g/mol. The molecule has 0 spiro atoms. The van der Waals surface area contributed by atoms with Gasteiger partial charge in [-0.2, -0.15) is 0 Å². The predicted molar refractivity (Wildman–Crippen MR) is 61.8 cm³/mol. The summed E-state index contributed by atoms with van der Waals surface area (Å²) in [5.41, 5.74) is 6.92. The minimum absolute atomic E-state index is 0.367. The van der Waals surface area contributed by atoms with Crippen LogP contribution in [0.25, 0.3) is 0 Å². The van der Waals surface area contributed by atoms with Crippen LogP contribution in [0.3, 0.4) is 0 Å². The number of carbonyl (C=O) groups excluding carboxylic acids is 1. The van der Waals surface area contributed by atoms with Crippen molar-refractivity contribution >= 4 is 5.91 Å². The van der Waals surface area contributed by atoms with Crippen LogP contribution in [-0.4, -0.2) is 18.5 Å². The van der Waals surface area contributed by atoms with E-state index < -0.39 is 0 Å². The summed E-state index contributed by atoms with van der Waals surface area (Å²) < 4.78 is 0. The van der Waals surface area contributed by atoms with E-state index in [2.05, 4.69) is 19.2 Å². The number of nitrogens with one attached hydrogen (secondary N) is 1. The standard InChI is InChI=1S/C12H18N2O/c1-9(2)14-7-6-10-4-3-5-11(8-10)12(13)15/h3-5,8-9,14H,6-7H2,1-2H3,(H2,13,15). The fraction of sp³-hybridized carbons (Fsp3) is 0.417. The van der Waals surface area contributed by atoms with E-state index in [9.17, 15) is 4.79 Å². The van der Waals surface area contributed by atoms with Crippen molar-refractivity contribution in [3.8, 4) is 0 Å². The molecule has 0 atom stereocenters. The SMILES string of the molecule is CC(C)NCCc1cccc(C(N)=O)c1. The van der Waals surface area contributed by atoms with Gasteiger partial charge in [-0.25, -0.2) is 0 Å². The molecular formula is C12H18N2O. The Morgan fingerprint density at radius 2 is 2.20 bits per heavy atom. The number of benzene rings is 1. The van der Waals surface area contributed by atoms with Crippen LogP contribution in [0.15, 0.2) is 24.3 Å². The molecule has 3 heteroatoms. The van der Waals surface area contributed by atoms with Crippen LogP contribution in [0.4, 0.5) is 0 Å². The Bertz CT molecular complexity index is 334. The third-order valence-electron chi connectivity index (χ3n) is 2.18. The molecule has 0 saturated carbocycles. The smallest absolute Gasteiger partial charge is 0.248 e. The Balaban J connectivity index is 2.54. The third kappa shape index (κ3) is 4.13. The number of rotatable bonds is 5. The van der Waals surface area contributed by atoms with Gasteiger partial charge >= 0.3 is 0 Å². The van der Waals surface area contributed by atoms with E-state index in [1.807, 2.05) is 18.2 Å². The average molecular weight is 206 g/mol. The van der Waals surface area contributed by atoms with Gasteiger partial charge in [0.1, 0.15) is 0 Å². The molecule has 0 bridgehead atoms. The molecule has 0 aliphatic rings. The average Bonchev–Trinajstić information content (AvgIpc) is 2.17. The van der Waals surface area contributed by atoms with Crippen molar-refractivity contribution in [2.24, 2.45) is 5.73 Å². The second-order valence-corrected chi connectivity index (χ2v) is 3.92. The highest BCUT2D eigenvalue weighted by Crippen LogP contribution is 2.05. The minimum Gasteiger partial charge on any atom is -0.366 e. The van der Waals surface area contributed by atoms with Crippen molar-refractivity contribution in [1.29, 1.82) is 0 Å². The first-order valence-corrected chi connectivity index (χ1v) is 5.21. The van der Waals surface area contributed by atoms with Gasteiger partial charge in [0.25, 0.3) is 0 Å². The lowest BCUT2D eigenvalue weighted by Crippen LogP contribution is -2.25. The number of amides is 1. The van der Waals surface area contributed by atoms with E-state index in [0.29, 0.717) is 11.6 Å². The summed E-state index contributed by atoms with van der Waals surface area (Å²) in [4.78, 5) is 10.9. The number of primary amides is 1. The highest BCUT2D eigenvalue weighted by molar-refractivity contribution is 5.92. The van der Waals surface area contributed by atoms with Crippen LogP contribution >= 0.6 is 0 Å². The number of nitrogens with two attached hydrogens (primary N) is 1. The maximum Gasteiger partial charge on any atom is 0.248 e. The summed E-state index contributed by atoms with van der Waals surface area (Å²) in [7, 11) is 0. The topological polar surface area (TPSA) is 55.1 Å². The van der Waals surface area contributed by atoms with Gasteiger partial charge in [0.2, 0.25) is 5.91 Å². The Morgan fingerprint density at radius 3 is 2.80 bits per heavy atom. The molecule has 82 valence electrons. The van der Waals surface area contributed by atoms with E-state index in [-0.39, 0.29) is 5.91 Å². The van der Waals surface area contributed by atoms with Gasteiger partial charge in [-0.1, -0.05) is 26.0 Å². The molecule has 1 rings (SSSR count). The van der Waals surface area contributed by atoms with Crippen LogP contribution < -0.4 is 11.1 Å². The van der Waals surface area contributed by atoms with Crippen LogP contribution in [0.1, 0.15) is 29.8 Å². The van der Waals surface area contributed by atoms with E-state index in [4.69, 9.17) is 5.73 Å². The van der Waals surface area contributed by atoms with E-state index in [1.165, 1.54) is 0 Å². The summed E-state index contributed by atoms with van der Waals surface area (Å²) in [6, 6.07) is 7.95. The lowest BCUT2D eigenvalue weighted by atomic mass is 10.1. The zero-order chi connectivity index (χ0) is 11.3. The third-order valence-corrected chi connectivity index (χ3v) is 2.18. The first-order chi connectivity index (χ1) is 7.09. The van der Waals surface area contributed by atoms with E-state index in [1.54, 1.807) is 6.07 Å². The summed E-state index contributed by atoms with van der Waals surface area (Å²) >= 11 is 0. The molecule has 3 N–H and O–H groups in total. The van der Waals surface area contributed by atoms with Gasteiger partial charge in [0.15, 0.2) is 0 Å². The Labute approximate surface area is 90.7 Å². The molecule has 0 radical (unpaired) electrons. The van der Waals surface area contributed by atoms with E-state index in [0.717, 1.165) is 18.5 Å². The molecule has 15 heavy (non-hydrogen) atoms. The van der Waals surface area contributed by atoms with Crippen molar-refractivity contribution in [3.05, 3.63) is 35.4 Å². The van der Waals surface area contributed by atoms with Crippen molar-refractivity contribution < 1.29 is 4.79 Å². The van der Waals surface area contributed by atoms with Crippen LogP contribution in [0.2, 0.25) is 0 Å². The summed E-state index contributed by atoms with van der Waals surface area (Å²) in [5.74, 6) is -0.367. The molecule has 1 amide bonds. The molecule has 0 unspecified atom stereocenters. The Kier molecular flexibility index (Phi) is 4.31. The second kappa shape index (κ2) is 5.51. The minimum atomic E-state index is -0.367. The first kappa shape index (κ1) is 11.7. The van der Waals surface area contributed by atoms with Crippen molar-refractivity contribution in [3.63, 3.8) is 0 Å². The molecule has 0 heterocycles. The van der Waals surface area contributed by atoms with Crippen LogP contribution in [0, 0.1) is 0 Å². The molecule has 3 nitrogen and oxygen atoms in total. The van der Waals surface area contributed by atoms with Gasteiger partial charge in [-0.15, -0.1) is 0 Å². The molecule has 1 aromatic rings. The molecule has 1 aromatic carbocycles. The van der Waals surface area contributed by atoms with Crippen molar-refractivity contribution in [1.82, 2.24) is 5.32 Å². The molecule has 0 aromatic heterocycles. The van der Waals surface area contributed by atoms with Crippen LogP contribution in [-0.2, 0) is 6.42 Å². The molecule has 0 aliphatic carbocycles. The molecule has 0 aliphatic heterocycles. The fourth-order valence-corrected chi connectivity index (χ4v) is 1.39. The van der Waals surface area contributed by atoms with Crippen molar-refractivity contribution in [2.45, 2.75) is 26.3 Å². The lowest BCUT2D eigenvalue weighted by molar-refractivity contribution is 0.1000. The number of hydrogen-bond donors (Lipinski definition) is 2. The van der Waals surface area contributed by atoms with Crippen LogP contribution in [0.5, 0.6) is 0 Å². The summed E-state index contributed by atoms with van der Waals surface area (Å²) in [6.45, 7) is 5.14. The first-order valence-electron chi connectivity index (χ1n) is 5.21. The maximum atomic E-state index is 10.9. The fourth-order valence-electron chi connectivity index (χ4n) is 1.39. The lowest BCUT2D eigenvalue weighted by Gasteiger charge is -2.08. The zero-order valence-corrected chi connectivity index (χ0v) is 9.29. The predicted octanol–water partition coefficient (Wildman–Crippen LogP) is 1.33.